The van der Waals surface area contributed by atoms with E-state index < -0.39 is 6.10 Å². The van der Waals surface area contributed by atoms with Crippen LogP contribution in [0.2, 0.25) is 0 Å². The van der Waals surface area contributed by atoms with Crippen LogP contribution in [0.3, 0.4) is 0 Å². The summed E-state index contributed by atoms with van der Waals surface area (Å²) in [5.74, 6) is 0.766. The molecule has 0 aliphatic heterocycles. The van der Waals surface area contributed by atoms with Crippen molar-refractivity contribution in [2.75, 3.05) is 13.1 Å². The smallest absolute Gasteiger partial charge is 0.263 e. The molecular formula is C17H28N2O2. The molecule has 1 atom stereocenters. The van der Waals surface area contributed by atoms with E-state index in [4.69, 9.17) is 4.74 Å². The number of hydrogen-bond donors (Lipinski definition) is 1. The quantitative estimate of drug-likeness (QED) is 0.801. The summed E-state index contributed by atoms with van der Waals surface area (Å²) in [6.45, 7) is 12.3. The van der Waals surface area contributed by atoms with Crippen LogP contribution in [0.1, 0.15) is 40.2 Å². The average molecular weight is 292 g/mol. The zero-order valence-corrected chi connectivity index (χ0v) is 13.8. The summed E-state index contributed by atoms with van der Waals surface area (Å²) in [4.78, 5) is 13.9. The fraction of sp³-hybridized carbons (Fsp3) is 0.588. The maximum Gasteiger partial charge on any atom is 0.263 e. The molecule has 1 amide bonds. The van der Waals surface area contributed by atoms with Gasteiger partial charge in [0.1, 0.15) is 5.75 Å². The molecule has 118 valence electrons. The fourth-order valence-electron chi connectivity index (χ4n) is 2.05. The van der Waals surface area contributed by atoms with E-state index in [0.717, 1.165) is 12.3 Å². The first-order chi connectivity index (χ1) is 9.97. The third kappa shape index (κ3) is 5.76. The number of hydrogen-bond acceptors (Lipinski definition) is 3. The Morgan fingerprint density at radius 1 is 1.14 bits per heavy atom. The highest BCUT2D eigenvalue weighted by atomic mass is 16.5. The number of benzene rings is 1. The number of amides is 1. The molecule has 0 spiro atoms. The van der Waals surface area contributed by atoms with Crippen LogP contribution in [0.15, 0.2) is 24.3 Å². The summed E-state index contributed by atoms with van der Waals surface area (Å²) in [5, 5.41) is 3.37. The summed E-state index contributed by atoms with van der Waals surface area (Å²) < 4.78 is 5.73. The SMILES string of the molecule is CCN(CC)C(=O)C(C)Oc1ccc(CNC(C)C)cc1. The van der Waals surface area contributed by atoms with Gasteiger partial charge in [0.05, 0.1) is 0 Å². The maximum absolute atomic E-state index is 12.1. The van der Waals surface area contributed by atoms with Crippen LogP contribution in [0, 0.1) is 0 Å². The summed E-state index contributed by atoms with van der Waals surface area (Å²) >= 11 is 0. The van der Waals surface area contributed by atoms with E-state index >= 15 is 0 Å². The van der Waals surface area contributed by atoms with Gasteiger partial charge in [-0.1, -0.05) is 26.0 Å². The lowest BCUT2D eigenvalue weighted by molar-refractivity contribution is -0.137. The molecule has 0 aliphatic carbocycles. The molecule has 0 fully saturated rings. The van der Waals surface area contributed by atoms with Crippen molar-refractivity contribution in [2.24, 2.45) is 0 Å². The van der Waals surface area contributed by atoms with E-state index in [1.165, 1.54) is 5.56 Å². The molecule has 0 bridgehead atoms. The molecule has 0 radical (unpaired) electrons. The monoisotopic (exact) mass is 292 g/mol. The highest BCUT2D eigenvalue weighted by Crippen LogP contribution is 2.15. The van der Waals surface area contributed by atoms with Crippen molar-refractivity contribution in [3.8, 4) is 5.75 Å². The van der Waals surface area contributed by atoms with Crippen molar-refractivity contribution in [1.82, 2.24) is 10.2 Å². The minimum absolute atomic E-state index is 0.0329. The largest absolute Gasteiger partial charge is 0.481 e. The van der Waals surface area contributed by atoms with Crippen LogP contribution in [-0.4, -0.2) is 36.0 Å². The predicted molar refractivity (Wildman–Crippen MR) is 86.4 cm³/mol. The Balaban J connectivity index is 2.56. The number of carbonyl (C=O) groups is 1. The molecule has 4 nitrogen and oxygen atoms in total. The third-order valence-corrected chi connectivity index (χ3v) is 3.37. The normalized spacial score (nSPS) is 12.3. The number of carbonyl (C=O) groups excluding carboxylic acids is 1. The summed E-state index contributed by atoms with van der Waals surface area (Å²) in [6, 6.07) is 8.36. The third-order valence-electron chi connectivity index (χ3n) is 3.37. The van der Waals surface area contributed by atoms with Crippen molar-refractivity contribution >= 4 is 5.91 Å². The highest BCUT2D eigenvalue weighted by molar-refractivity contribution is 5.80. The van der Waals surface area contributed by atoms with Gasteiger partial charge in [0.15, 0.2) is 6.10 Å². The fourth-order valence-corrected chi connectivity index (χ4v) is 2.05. The van der Waals surface area contributed by atoms with Gasteiger partial charge < -0.3 is 15.0 Å². The number of nitrogens with one attached hydrogen (secondary N) is 1. The van der Waals surface area contributed by atoms with Gasteiger partial charge in [-0.2, -0.15) is 0 Å². The number of rotatable bonds is 8. The molecule has 1 N–H and O–H groups in total. The Kier molecular flexibility index (Phi) is 7.23. The molecule has 0 saturated carbocycles. The lowest BCUT2D eigenvalue weighted by Crippen LogP contribution is -2.40. The molecule has 21 heavy (non-hydrogen) atoms. The van der Waals surface area contributed by atoms with E-state index in [-0.39, 0.29) is 5.91 Å². The van der Waals surface area contributed by atoms with E-state index in [1.54, 1.807) is 11.8 Å². The maximum atomic E-state index is 12.1. The van der Waals surface area contributed by atoms with Gasteiger partial charge in [0.25, 0.3) is 5.91 Å². The van der Waals surface area contributed by atoms with Gasteiger partial charge in [-0.3, -0.25) is 4.79 Å². The minimum Gasteiger partial charge on any atom is -0.481 e. The van der Waals surface area contributed by atoms with Crippen molar-refractivity contribution in [3.63, 3.8) is 0 Å². The topological polar surface area (TPSA) is 41.6 Å². The van der Waals surface area contributed by atoms with Crippen molar-refractivity contribution in [2.45, 2.75) is 53.3 Å². The Hall–Kier alpha value is -1.55. The van der Waals surface area contributed by atoms with Gasteiger partial charge in [-0.15, -0.1) is 0 Å². The second kappa shape index (κ2) is 8.67. The lowest BCUT2D eigenvalue weighted by Gasteiger charge is -2.23. The Morgan fingerprint density at radius 2 is 1.71 bits per heavy atom. The molecule has 0 saturated heterocycles. The first-order valence-corrected chi connectivity index (χ1v) is 7.75. The zero-order chi connectivity index (χ0) is 15.8. The van der Waals surface area contributed by atoms with Crippen molar-refractivity contribution in [1.29, 1.82) is 0 Å². The van der Waals surface area contributed by atoms with Crippen LogP contribution in [0.5, 0.6) is 5.75 Å². The molecule has 1 aromatic rings. The van der Waals surface area contributed by atoms with Crippen LogP contribution in [0.4, 0.5) is 0 Å². The minimum atomic E-state index is -0.454. The van der Waals surface area contributed by atoms with Crippen molar-refractivity contribution < 1.29 is 9.53 Å². The van der Waals surface area contributed by atoms with Crippen LogP contribution in [-0.2, 0) is 11.3 Å². The van der Waals surface area contributed by atoms with Crippen molar-refractivity contribution in [3.05, 3.63) is 29.8 Å². The Morgan fingerprint density at radius 3 is 2.19 bits per heavy atom. The molecule has 1 rings (SSSR count). The number of nitrogens with zero attached hydrogens (tertiary/aromatic N) is 1. The highest BCUT2D eigenvalue weighted by Gasteiger charge is 2.19. The summed E-state index contributed by atoms with van der Waals surface area (Å²) in [5.41, 5.74) is 1.21. The molecule has 1 unspecified atom stereocenters. The predicted octanol–water partition coefficient (Wildman–Crippen LogP) is 2.82. The van der Waals surface area contributed by atoms with E-state index in [1.807, 2.05) is 38.1 Å². The summed E-state index contributed by atoms with van der Waals surface area (Å²) in [6.07, 6.45) is -0.454. The van der Waals surface area contributed by atoms with Crippen LogP contribution >= 0.6 is 0 Å². The molecule has 1 aromatic carbocycles. The molecule has 0 aromatic heterocycles. The van der Waals surface area contributed by atoms with Crippen LogP contribution < -0.4 is 10.1 Å². The van der Waals surface area contributed by atoms with E-state index in [0.29, 0.717) is 19.1 Å². The van der Waals surface area contributed by atoms with Crippen LogP contribution in [0.25, 0.3) is 0 Å². The van der Waals surface area contributed by atoms with Gasteiger partial charge >= 0.3 is 0 Å². The Labute approximate surface area is 128 Å². The lowest BCUT2D eigenvalue weighted by atomic mass is 10.2. The second-order valence-electron chi connectivity index (χ2n) is 5.45. The molecule has 4 heteroatoms. The molecular weight excluding hydrogens is 264 g/mol. The second-order valence-corrected chi connectivity index (χ2v) is 5.45. The van der Waals surface area contributed by atoms with E-state index in [9.17, 15) is 4.79 Å². The number of ether oxygens (including phenoxy) is 1. The first-order valence-electron chi connectivity index (χ1n) is 7.75. The average Bonchev–Trinajstić information content (AvgIpc) is 2.47. The number of likely N-dealkylation sites (N-methyl/N-ethyl adjacent to an activating group) is 1. The summed E-state index contributed by atoms with van der Waals surface area (Å²) in [7, 11) is 0. The van der Waals surface area contributed by atoms with Gasteiger partial charge in [-0.25, -0.2) is 0 Å². The Bertz CT molecular complexity index is 425. The molecule has 0 heterocycles. The zero-order valence-electron chi connectivity index (χ0n) is 13.8. The molecule has 0 aliphatic rings. The standard InChI is InChI=1S/C17H28N2O2/c1-6-19(7-2)17(20)14(5)21-16-10-8-15(9-11-16)12-18-13(3)4/h8-11,13-14,18H,6-7,12H2,1-5H3. The first kappa shape index (κ1) is 17.5. The van der Waals surface area contributed by atoms with Gasteiger partial charge in [0.2, 0.25) is 0 Å². The van der Waals surface area contributed by atoms with E-state index in [2.05, 4.69) is 19.2 Å². The van der Waals surface area contributed by atoms with Gasteiger partial charge in [0, 0.05) is 25.7 Å². The van der Waals surface area contributed by atoms with Gasteiger partial charge in [-0.05, 0) is 38.5 Å².